The van der Waals surface area contributed by atoms with Crippen LogP contribution in [0.2, 0.25) is 0 Å². The zero-order valence-corrected chi connectivity index (χ0v) is 15.5. The number of amides is 1. The normalized spacial score (nSPS) is 26.2. The van der Waals surface area contributed by atoms with E-state index in [9.17, 15) is 4.79 Å². The predicted molar refractivity (Wildman–Crippen MR) is 97.0 cm³/mol. The monoisotopic (exact) mass is 346 g/mol. The van der Waals surface area contributed by atoms with Crippen LogP contribution in [0.5, 0.6) is 0 Å². The quantitative estimate of drug-likeness (QED) is 0.744. The van der Waals surface area contributed by atoms with Crippen molar-refractivity contribution in [3.05, 3.63) is 24.8 Å². The van der Waals surface area contributed by atoms with Crippen LogP contribution in [0.3, 0.4) is 0 Å². The molecule has 2 aliphatic rings. The molecule has 0 radical (unpaired) electrons. The largest absolute Gasteiger partial charge is 0.339 e. The molecule has 2 fully saturated rings. The highest BCUT2D eigenvalue weighted by atomic mass is 16.2. The number of hydrogen-bond acceptors (Lipinski definition) is 5. The van der Waals surface area contributed by atoms with Crippen LogP contribution in [0.25, 0.3) is 0 Å². The van der Waals surface area contributed by atoms with Crippen molar-refractivity contribution in [2.75, 3.05) is 39.8 Å². The number of piperazine rings is 1. The third-order valence-electron chi connectivity index (χ3n) is 5.79. The second-order valence-corrected chi connectivity index (χ2v) is 7.23. The second kappa shape index (κ2) is 7.66. The summed E-state index contributed by atoms with van der Waals surface area (Å²) in [6.45, 7) is 12.0. The molecule has 2 aliphatic heterocycles. The molecule has 1 amide bonds. The minimum Gasteiger partial charge on any atom is -0.339 e. The Balaban J connectivity index is 1.71. The van der Waals surface area contributed by atoms with Crippen LogP contribution >= 0.6 is 0 Å². The number of rotatable bonds is 5. The highest BCUT2D eigenvalue weighted by molar-refractivity contribution is 5.76. The molecule has 0 unspecified atom stereocenters. The molecule has 3 rings (SSSR count). The van der Waals surface area contributed by atoms with E-state index in [1.807, 2.05) is 15.7 Å². The first-order valence-electron chi connectivity index (χ1n) is 9.27. The van der Waals surface area contributed by atoms with Crippen molar-refractivity contribution in [3.8, 4) is 0 Å². The first-order chi connectivity index (χ1) is 12.1. The minimum absolute atomic E-state index is 0.0703. The molecular formula is C18H30N6O. The van der Waals surface area contributed by atoms with Crippen molar-refractivity contribution in [3.63, 3.8) is 0 Å². The maximum atomic E-state index is 12.4. The Kier molecular flexibility index (Phi) is 5.54. The fraction of sp³-hybridized carbons (Fsp3) is 0.722. The SMILES string of the molecule is C=CCN1CC[C@]2(CCC1=O)CN(Cc1ncnn1CC)CCN2C. The van der Waals surface area contributed by atoms with Gasteiger partial charge < -0.3 is 4.90 Å². The third-order valence-corrected chi connectivity index (χ3v) is 5.79. The van der Waals surface area contributed by atoms with Crippen molar-refractivity contribution in [1.82, 2.24) is 29.5 Å². The Labute approximate surface area is 150 Å². The molecular weight excluding hydrogens is 316 g/mol. The van der Waals surface area contributed by atoms with Crippen LogP contribution in [0.4, 0.5) is 0 Å². The van der Waals surface area contributed by atoms with Crippen LogP contribution in [0, 0.1) is 0 Å². The number of carbonyl (C=O) groups excluding carboxylic acids is 1. The fourth-order valence-corrected chi connectivity index (χ4v) is 4.13. The Morgan fingerprint density at radius 3 is 2.92 bits per heavy atom. The Morgan fingerprint density at radius 1 is 1.32 bits per heavy atom. The standard InChI is InChI=1S/C18H30N6O/c1-4-9-23-10-8-18(7-6-17(23)25)14-22(12-11-21(18)3)13-16-19-15-20-24(16)5-2/h4,15H,1,5-14H2,2-3H3/t18-/m1/s1. The smallest absolute Gasteiger partial charge is 0.222 e. The summed E-state index contributed by atoms with van der Waals surface area (Å²) in [7, 11) is 2.21. The van der Waals surface area contributed by atoms with E-state index in [1.54, 1.807) is 6.33 Å². The van der Waals surface area contributed by atoms with Crippen molar-refractivity contribution in [1.29, 1.82) is 0 Å². The maximum absolute atomic E-state index is 12.4. The van der Waals surface area contributed by atoms with E-state index in [0.717, 1.165) is 57.9 Å². The second-order valence-electron chi connectivity index (χ2n) is 7.23. The lowest BCUT2D eigenvalue weighted by Crippen LogP contribution is -2.60. The van der Waals surface area contributed by atoms with Crippen LogP contribution in [-0.4, -0.2) is 80.7 Å². The number of nitrogens with zero attached hydrogens (tertiary/aromatic N) is 6. The molecule has 25 heavy (non-hydrogen) atoms. The molecule has 138 valence electrons. The van der Waals surface area contributed by atoms with Gasteiger partial charge in [0.05, 0.1) is 6.54 Å². The van der Waals surface area contributed by atoms with Gasteiger partial charge in [-0.3, -0.25) is 14.6 Å². The van der Waals surface area contributed by atoms with E-state index >= 15 is 0 Å². The zero-order valence-electron chi connectivity index (χ0n) is 15.5. The predicted octanol–water partition coefficient (Wildman–Crippen LogP) is 0.983. The van der Waals surface area contributed by atoms with E-state index in [1.165, 1.54) is 0 Å². The first-order valence-corrected chi connectivity index (χ1v) is 9.27. The van der Waals surface area contributed by atoms with Crippen LogP contribution in [0.15, 0.2) is 19.0 Å². The van der Waals surface area contributed by atoms with Gasteiger partial charge in [0.2, 0.25) is 5.91 Å². The van der Waals surface area contributed by atoms with Gasteiger partial charge in [0.1, 0.15) is 12.2 Å². The van der Waals surface area contributed by atoms with Crippen LogP contribution in [-0.2, 0) is 17.9 Å². The number of aryl methyl sites for hydroxylation is 1. The van der Waals surface area contributed by atoms with E-state index in [4.69, 9.17) is 0 Å². The van der Waals surface area contributed by atoms with E-state index in [-0.39, 0.29) is 11.4 Å². The third kappa shape index (κ3) is 3.77. The van der Waals surface area contributed by atoms with E-state index in [2.05, 4.69) is 40.4 Å². The number of aromatic nitrogens is 3. The average molecular weight is 346 g/mol. The first kappa shape index (κ1) is 18.1. The fourth-order valence-electron chi connectivity index (χ4n) is 4.13. The van der Waals surface area contributed by atoms with E-state index < -0.39 is 0 Å². The molecule has 0 N–H and O–H groups in total. The van der Waals surface area contributed by atoms with Gasteiger partial charge in [0.15, 0.2) is 0 Å². The van der Waals surface area contributed by atoms with Gasteiger partial charge in [-0.2, -0.15) is 5.10 Å². The lowest BCUT2D eigenvalue weighted by atomic mass is 9.86. The molecule has 1 spiro atoms. The van der Waals surface area contributed by atoms with Gasteiger partial charge in [-0.05, 0) is 26.8 Å². The number of likely N-dealkylation sites (tertiary alicyclic amines) is 1. The number of hydrogen-bond donors (Lipinski definition) is 0. The number of carbonyl (C=O) groups is 1. The summed E-state index contributed by atoms with van der Waals surface area (Å²) in [4.78, 5) is 23.7. The summed E-state index contributed by atoms with van der Waals surface area (Å²) < 4.78 is 1.97. The van der Waals surface area contributed by atoms with Gasteiger partial charge in [0.25, 0.3) is 0 Å². The summed E-state index contributed by atoms with van der Waals surface area (Å²) in [5.41, 5.74) is 0.0703. The molecule has 1 atom stereocenters. The highest BCUT2D eigenvalue weighted by Gasteiger charge is 2.42. The number of likely N-dealkylation sites (N-methyl/N-ethyl adjacent to an activating group) is 1. The van der Waals surface area contributed by atoms with Crippen LogP contribution in [0.1, 0.15) is 32.0 Å². The highest BCUT2D eigenvalue weighted by Crippen LogP contribution is 2.32. The minimum atomic E-state index is 0.0703. The summed E-state index contributed by atoms with van der Waals surface area (Å²) in [5.74, 6) is 1.29. The van der Waals surface area contributed by atoms with Gasteiger partial charge in [-0.1, -0.05) is 6.08 Å². The molecule has 0 aromatic carbocycles. The molecule has 7 nitrogen and oxygen atoms in total. The zero-order chi connectivity index (χ0) is 17.9. The van der Waals surface area contributed by atoms with Crippen molar-refractivity contribution in [2.24, 2.45) is 0 Å². The summed E-state index contributed by atoms with van der Waals surface area (Å²) in [6.07, 6.45) is 6.02. The molecule has 7 heteroatoms. The molecule has 1 aromatic heterocycles. The summed E-state index contributed by atoms with van der Waals surface area (Å²) >= 11 is 0. The average Bonchev–Trinajstić information content (AvgIpc) is 3.00. The van der Waals surface area contributed by atoms with Gasteiger partial charge in [-0.15, -0.1) is 6.58 Å². The van der Waals surface area contributed by atoms with Gasteiger partial charge in [0, 0.05) is 51.2 Å². The topological polar surface area (TPSA) is 57.5 Å². The molecule has 2 saturated heterocycles. The molecule has 0 saturated carbocycles. The Bertz CT molecular complexity index is 614. The maximum Gasteiger partial charge on any atom is 0.222 e. The summed E-state index contributed by atoms with van der Waals surface area (Å²) in [5, 5.41) is 4.28. The van der Waals surface area contributed by atoms with Crippen molar-refractivity contribution < 1.29 is 4.79 Å². The summed E-state index contributed by atoms with van der Waals surface area (Å²) in [6, 6.07) is 0. The van der Waals surface area contributed by atoms with Gasteiger partial charge in [-0.25, -0.2) is 9.67 Å². The van der Waals surface area contributed by atoms with Crippen LogP contribution < -0.4 is 0 Å². The molecule has 0 bridgehead atoms. The molecule has 3 heterocycles. The lowest BCUT2D eigenvalue weighted by Gasteiger charge is -2.49. The lowest BCUT2D eigenvalue weighted by molar-refractivity contribution is -0.130. The molecule has 1 aromatic rings. The Morgan fingerprint density at radius 2 is 2.16 bits per heavy atom. The Hall–Kier alpha value is -1.73. The van der Waals surface area contributed by atoms with Gasteiger partial charge >= 0.3 is 0 Å². The molecule has 0 aliphatic carbocycles. The van der Waals surface area contributed by atoms with E-state index in [0.29, 0.717) is 13.0 Å². The van der Waals surface area contributed by atoms with Crippen molar-refractivity contribution >= 4 is 5.91 Å². The van der Waals surface area contributed by atoms with Crippen molar-refractivity contribution in [2.45, 2.75) is 44.8 Å².